The third-order valence-electron chi connectivity index (χ3n) is 6.56. The summed E-state index contributed by atoms with van der Waals surface area (Å²) in [5, 5.41) is 14.2. The molecule has 2 aliphatic rings. The fourth-order valence-electron chi connectivity index (χ4n) is 4.83. The van der Waals surface area contributed by atoms with E-state index in [2.05, 4.69) is 10.6 Å². The van der Waals surface area contributed by atoms with Crippen LogP contribution in [0.25, 0.3) is 11.1 Å². The van der Waals surface area contributed by atoms with E-state index >= 15 is 0 Å². The Labute approximate surface area is 203 Å². The third kappa shape index (κ3) is 5.29. The zero-order valence-corrected chi connectivity index (χ0v) is 19.5. The Morgan fingerprint density at radius 2 is 1.71 bits per heavy atom. The largest absolute Gasteiger partial charge is 0.481 e. The summed E-state index contributed by atoms with van der Waals surface area (Å²) >= 11 is 0. The Kier molecular flexibility index (Phi) is 7.33. The van der Waals surface area contributed by atoms with Crippen molar-refractivity contribution in [1.29, 1.82) is 0 Å². The van der Waals surface area contributed by atoms with Crippen molar-refractivity contribution in [2.24, 2.45) is 0 Å². The van der Waals surface area contributed by atoms with E-state index in [-0.39, 0.29) is 18.4 Å². The van der Waals surface area contributed by atoms with Gasteiger partial charge in [-0.25, -0.2) is 4.79 Å². The molecule has 1 aliphatic carbocycles. The van der Waals surface area contributed by atoms with Crippen LogP contribution in [0.5, 0.6) is 0 Å². The molecular formula is C26H29N3O6. The zero-order chi connectivity index (χ0) is 24.9. The molecule has 0 radical (unpaired) electrons. The van der Waals surface area contributed by atoms with Gasteiger partial charge in [0.15, 0.2) is 0 Å². The van der Waals surface area contributed by atoms with Crippen molar-refractivity contribution >= 4 is 23.9 Å². The SMILES string of the molecule is CCN1CCCC(NC(=O)C(CC(=O)O)NC(=O)OCC2c3ccccc3-c3ccccc32)C1=O. The van der Waals surface area contributed by atoms with Gasteiger partial charge in [-0.1, -0.05) is 48.5 Å². The molecule has 1 fully saturated rings. The minimum atomic E-state index is -1.37. The molecule has 0 aromatic heterocycles. The maximum atomic E-state index is 12.8. The van der Waals surface area contributed by atoms with E-state index in [9.17, 15) is 24.3 Å². The van der Waals surface area contributed by atoms with Crippen LogP contribution >= 0.6 is 0 Å². The molecule has 3 amide bonds. The van der Waals surface area contributed by atoms with Crippen molar-refractivity contribution in [3.05, 3.63) is 59.7 Å². The van der Waals surface area contributed by atoms with Gasteiger partial charge < -0.3 is 25.4 Å². The molecule has 9 heteroatoms. The number of likely N-dealkylation sites (tertiary alicyclic amines) is 1. The molecule has 2 atom stereocenters. The minimum absolute atomic E-state index is 0.0356. The lowest BCUT2D eigenvalue weighted by Gasteiger charge is -2.32. The number of fused-ring (bicyclic) bond motifs is 3. The van der Waals surface area contributed by atoms with Gasteiger partial charge in [-0.3, -0.25) is 14.4 Å². The fraction of sp³-hybridized carbons (Fsp3) is 0.385. The number of aliphatic carboxylic acids is 1. The van der Waals surface area contributed by atoms with Gasteiger partial charge in [0, 0.05) is 19.0 Å². The first-order valence-corrected chi connectivity index (χ1v) is 11.8. The van der Waals surface area contributed by atoms with Gasteiger partial charge in [0.1, 0.15) is 18.7 Å². The number of nitrogens with zero attached hydrogens (tertiary/aromatic N) is 1. The lowest BCUT2D eigenvalue weighted by atomic mass is 9.98. The van der Waals surface area contributed by atoms with Gasteiger partial charge in [0.25, 0.3) is 0 Å². The molecule has 0 saturated carbocycles. The van der Waals surface area contributed by atoms with E-state index < -0.39 is 36.5 Å². The van der Waals surface area contributed by atoms with Crippen LogP contribution < -0.4 is 10.6 Å². The summed E-state index contributed by atoms with van der Waals surface area (Å²) in [7, 11) is 0. The van der Waals surface area contributed by atoms with Gasteiger partial charge in [-0.2, -0.15) is 0 Å². The Morgan fingerprint density at radius 1 is 1.09 bits per heavy atom. The number of ether oxygens (including phenoxy) is 1. The molecule has 35 heavy (non-hydrogen) atoms. The minimum Gasteiger partial charge on any atom is -0.481 e. The van der Waals surface area contributed by atoms with Crippen molar-refractivity contribution < 1.29 is 29.0 Å². The highest BCUT2D eigenvalue weighted by Gasteiger charge is 2.33. The molecule has 1 heterocycles. The number of piperidine rings is 1. The highest BCUT2D eigenvalue weighted by molar-refractivity contribution is 5.93. The van der Waals surface area contributed by atoms with Crippen molar-refractivity contribution in [3.8, 4) is 11.1 Å². The van der Waals surface area contributed by atoms with Crippen molar-refractivity contribution in [2.45, 2.75) is 44.2 Å². The van der Waals surface area contributed by atoms with E-state index in [1.807, 2.05) is 55.5 Å². The van der Waals surface area contributed by atoms with Crippen LogP contribution in [0.4, 0.5) is 4.79 Å². The lowest BCUT2D eigenvalue weighted by Crippen LogP contribution is -2.56. The van der Waals surface area contributed by atoms with Gasteiger partial charge in [0.05, 0.1) is 6.42 Å². The molecule has 2 aromatic carbocycles. The van der Waals surface area contributed by atoms with E-state index in [1.54, 1.807) is 4.90 Å². The topological polar surface area (TPSA) is 125 Å². The van der Waals surface area contributed by atoms with Gasteiger partial charge in [-0.05, 0) is 42.0 Å². The zero-order valence-electron chi connectivity index (χ0n) is 19.5. The molecule has 184 valence electrons. The second-order valence-corrected chi connectivity index (χ2v) is 8.74. The standard InChI is InChI=1S/C26H29N3O6/c1-2-29-13-7-12-21(25(29)33)27-24(32)22(14-23(30)31)28-26(34)35-15-20-18-10-5-3-8-16(18)17-9-4-6-11-19(17)20/h3-6,8-11,20-22H,2,7,12-15H2,1H3,(H,27,32)(H,28,34)(H,30,31). The monoisotopic (exact) mass is 479 g/mol. The Bertz CT molecular complexity index is 1090. The molecular weight excluding hydrogens is 450 g/mol. The first kappa shape index (κ1) is 24.3. The first-order valence-electron chi connectivity index (χ1n) is 11.8. The molecule has 4 rings (SSSR count). The molecule has 1 saturated heterocycles. The van der Waals surface area contributed by atoms with E-state index in [1.165, 1.54) is 0 Å². The number of likely N-dealkylation sites (N-methyl/N-ethyl adjacent to an activating group) is 1. The number of carboxylic acid groups (broad SMARTS) is 1. The van der Waals surface area contributed by atoms with Crippen molar-refractivity contribution in [2.75, 3.05) is 19.7 Å². The number of hydrogen-bond acceptors (Lipinski definition) is 5. The summed E-state index contributed by atoms with van der Waals surface area (Å²) in [6.07, 6.45) is -0.327. The molecule has 2 unspecified atom stereocenters. The highest BCUT2D eigenvalue weighted by atomic mass is 16.5. The summed E-state index contributed by atoms with van der Waals surface area (Å²) in [4.78, 5) is 50.9. The number of carboxylic acids is 1. The first-order chi connectivity index (χ1) is 16.9. The van der Waals surface area contributed by atoms with E-state index in [4.69, 9.17) is 4.74 Å². The summed E-state index contributed by atoms with van der Waals surface area (Å²) in [6.45, 7) is 3.04. The second kappa shape index (κ2) is 10.6. The number of amides is 3. The summed E-state index contributed by atoms with van der Waals surface area (Å²) in [6, 6.07) is 13.7. The average molecular weight is 480 g/mol. The van der Waals surface area contributed by atoms with Crippen molar-refractivity contribution in [1.82, 2.24) is 15.5 Å². The van der Waals surface area contributed by atoms with Crippen LogP contribution in [-0.4, -0.2) is 65.7 Å². The Hall–Kier alpha value is -3.88. The summed E-state index contributed by atoms with van der Waals surface area (Å²) in [5.41, 5.74) is 4.24. The highest BCUT2D eigenvalue weighted by Crippen LogP contribution is 2.44. The van der Waals surface area contributed by atoms with Gasteiger partial charge in [0.2, 0.25) is 11.8 Å². The smallest absolute Gasteiger partial charge is 0.407 e. The molecule has 1 aliphatic heterocycles. The summed E-state index contributed by atoms with van der Waals surface area (Å²) < 4.78 is 5.45. The fourth-order valence-corrected chi connectivity index (χ4v) is 4.83. The summed E-state index contributed by atoms with van der Waals surface area (Å²) in [5.74, 6) is -2.35. The molecule has 9 nitrogen and oxygen atoms in total. The number of alkyl carbamates (subject to hydrolysis) is 1. The van der Waals surface area contributed by atoms with Crippen LogP contribution in [0.15, 0.2) is 48.5 Å². The Morgan fingerprint density at radius 3 is 2.31 bits per heavy atom. The maximum Gasteiger partial charge on any atom is 0.407 e. The quantitative estimate of drug-likeness (QED) is 0.534. The number of hydrogen-bond donors (Lipinski definition) is 3. The van der Waals surface area contributed by atoms with Crippen LogP contribution in [0.2, 0.25) is 0 Å². The van der Waals surface area contributed by atoms with Crippen molar-refractivity contribution in [3.63, 3.8) is 0 Å². The van der Waals surface area contributed by atoms with E-state index in [0.29, 0.717) is 19.5 Å². The normalized spacial score (nSPS) is 17.8. The maximum absolute atomic E-state index is 12.8. The number of nitrogens with one attached hydrogen (secondary N) is 2. The third-order valence-corrected chi connectivity index (χ3v) is 6.56. The second-order valence-electron chi connectivity index (χ2n) is 8.74. The van der Waals surface area contributed by atoms with Crippen LogP contribution in [0.3, 0.4) is 0 Å². The molecule has 0 bridgehead atoms. The van der Waals surface area contributed by atoms with E-state index in [0.717, 1.165) is 28.7 Å². The van der Waals surface area contributed by atoms with Crippen LogP contribution in [-0.2, 0) is 19.1 Å². The number of benzene rings is 2. The predicted octanol–water partition coefficient (Wildman–Crippen LogP) is 2.50. The van der Waals surface area contributed by atoms with Crippen LogP contribution in [0.1, 0.15) is 43.2 Å². The number of carbonyl (C=O) groups excluding carboxylic acids is 3. The average Bonchev–Trinajstić information content (AvgIpc) is 3.17. The number of rotatable bonds is 8. The van der Waals surface area contributed by atoms with Gasteiger partial charge in [-0.15, -0.1) is 0 Å². The molecule has 2 aromatic rings. The Balaban J connectivity index is 1.40. The lowest BCUT2D eigenvalue weighted by molar-refractivity contribution is -0.141. The predicted molar refractivity (Wildman–Crippen MR) is 128 cm³/mol. The van der Waals surface area contributed by atoms with Crippen LogP contribution in [0, 0.1) is 0 Å². The van der Waals surface area contributed by atoms with Gasteiger partial charge >= 0.3 is 12.1 Å². The molecule has 0 spiro atoms. The number of carbonyl (C=O) groups is 4. The molecule has 3 N–H and O–H groups in total.